The first-order valence-corrected chi connectivity index (χ1v) is 4.50. The molecule has 0 aliphatic rings. The van der Waals surface area contributed by atoms with Crippen molar-refractivity contribution in [1.82, 2.24) is 0 Å². The molecule has 2 heteroatoms. The summed E-state index contributed by atoms with van der Waals surface area (Å²) in [5, 5.41) is 0. The van der Waals surface area contributed by atoms with Crippen molar-refractivity contribution in [2.45, 2.75) is 19.6 Å². The predicted octanol–water partition coefficient (Wildman–Crippen LogP) is 1.37. The van der Waals surface area contributed by atoms with Crippen LogP contribution in [0, 0.1) is 0 Å². The van der Waals surface area contributed by atoms with Gasteiger partial charge in [-0.25, -0.2) is 0 Å². The minimum Gasteiger partial charge on any atom is -0.0715 e. The molecule has 0 bridgehead atoms. The Kier molecular flexibility index (Phi) is 8.73. The van der Waals surface area contributed by atoms with Crippen molar-refractivity contribution in [2.75, 3.05) is 0 Å². The van der Waals surface area contributed by atoms with Crippen LogP contribution in [0.3, 0.4) is 0 Å². The molecule has 0 saturated carbocycles. The predicted molar refractivity (Wildman–Crippen MR) is 23.3 cm³/mol. The molecule has 0 rings (SSSR count). The van der Waals surface area contributed by atoms with Gasteiger partial charge in [0, 0.05) is 25.9 Å². The van der Waals surface area contributed by atoms with Crippen molar-refractivity contribution >= 4 is 8.80 Å². The summed E-state index contributed by atoms with van der Waals surface area (Å²) < 4.78 is 0. The van der Waals surface area contributed by atoms with Crippen molar-refractivity contribution in [3.63, 3.8) is 0 Å². The third-order valence-corrected chi connectivity index (χ3v) is 0. The van der Waals surface area contributed by atoms with E-state index in [9.17, 15) is 0 Å². The second-order valence-electron chi connectivity index (χ2n) is 1.50. The van der Waals surface area contributed by atoms with Crippen LogP contribution in [0.5, 0.6) is 0 Å². The summed E-state index contributed by atoms with van der Waals surface area (Å²) in [4.78, 5) is 0. The molecule has 0 amide bonds. The topological polar surface area (TPSA) is 0 Å². The SMILES string of the molecule is C[Si](C)C.[Mn]. The Labute approximate surface area is 46.0 Å². The summed E-state index contributed by atoms with van der Waals surface area (Å²) in [6.07, 6.45) is 0. The van der Waals surface area contributed by atoms with Crippen LogP contribution in [-0.4, -0.2) is 8.80 Å². The standard InChI is InChI=1S/C3H9Si.Mn/c1-4(2)3;/h1-3H3;. The van der Waals surface area contributed by atoms with Gasteiger partial charge in [-0.05, 0) is 0 Å². The summed E-state index contributed by atoms with van der Waals surface area (Å²) in [5.41, 5.74) is 0. The van der Waals surface area contributed by atoms with Gasteiger partial charge in [-0.2, -0.15) is 0 Å². The van der Waals surface area contributed by atoms with Gasteiger partial charge in [-0.3, -0.25) is 0 Å². The third kappa shape index (κ3) is 65.4. The normalized spacial score (nSPS) is 7.20. The molecule has 0 aromatic rings. The summed E-state index contributed by atoms with van der Waals surface area (Å²) in [5.74, 6) is 0. The summed E-state index contributed by atoms with van der Waals surface area (Å²) in [6.45, 7) is 6.81. The van der Waals surface area contributed by atoms with Crippen LogP contribution < -0.4 is 0 Å². The second-order valence-corrected chi connectivity index (χ2v) is 4.50. The van der Waals surface area contributed by atoms with E-state index in [-0.39, 0.29) is 25.9 Å². The van der Waals surface area contributed by atoms with E-state index < -0.39 is 0 Å². The van der Waals surface area contributed by atoms with Gasteiger partial charge in [0.05, 0.1) is 0 Å². The molecule has 0 aromatic carbocycles. The van der Waals surface area contributed by atoms with Gasteiger partial charge < -0.3 is 0 Å². The monoisotopic (exact) mass is 128 g/mol. The summed E-state index contributed by atoms with van der Waals surface area (Å²) in [7, 11) is 0.120. The summed E-state index contributed by atoms with van der Waals surface area (Å²) >= 11 is 0. The zero-order chi connectivity index (χ0) is 3.58. The van der Waals surface area contributed by atoms with Crippen LogP contribution in [0.15, 0.2) is 0 Å². The second kappa shape index (κ2) is 4.74. The van der Waals surface area contributed by atoms with Gasteiger partial charge in [-0.1, -0.05) is 19.6 Å². The first-order valence-electron chi connectivity index (χ1n) is 1.50. The van der Waals surface area contributed by atoms with Gasteiger partial charge in [0.2, 0.25) is 0 Å². The van der Waals surface area contributed by atoms with Crippen LogP contribution in [0.2, 0.25) is 19.6 Å². The van der Waals surface area contributed by atoms with Gasteiger partial charge in [0.1, 0.15) is 0 Å². The summed E-state index contributed by atoms with van der Waals surface area (Å²) in [6, 6.07) is 0. The zero-order valence-electron chi connectivity index (χ0n) is 3.88. The molecule has 0 spiro atoms. The van der Waals surface area contributed by atoms with Gasteiger partial charge in [-0.15, -0.1) is 0 Å². The average Bonchev–Trinajstić information content (AvgIpc) is 0.811. The Hall–Kier alpha value is 0.736. The van der Waals surface area contributed by atoms with E-state index in [1.54, 1.807) is 0 Å². The molecule has 0 heterocycles. The molecule has 5 heavy (non-hydrogen) atoms. The number of hydrogen-bond acceptors (Lipinski definition) is 0. The van der Waals surface area contributed by atoms with Crippen molar-refractivity contribution < 1.29 is 17.1 Å². The van der Waals surface area contributed by atoms with Crippen LogP contribution >= 0.6 is 0 Å². The molecule has 32 valence electrons. The molecular weight excluding hydrogens is 119 g/mol. The fourth-order valence-electron chi connectivity index (χ4n) is 0. The fraction of sp³-hybridized carbons (Fsp3) is 1.00. The minimum atomic E-state index is 0. The van der Waals surface area contributed by atoms with E-state index in [1.165, 1.54) is 0 Å². The zero-order valence-corrected chi connectivity index (χ0v) is 6.06. The van der Waals surface area contributed by atoms with Gasteiger partial charge >= 0.3 is 0 Å². The van der Waals surface area contributed by atoms with Gasteiger partial charge in [0.15, 0.2) is 0 Å². The molecule has 0 saturated heterocycles. The quantitative estimate of drug-likeness (QED) is 0.432. The molecule has 0 atom stereocenters. The van der Waals surface area contributed by atoms with E-state index in [0.29, 0.717) is 0 Å². The maximum Gasteiger partial charge on any atom is 0.0379 e. The molecule has 0 unspecified atom stereocenters. The van der Waals surface area contributed by atoms with Crippen molar-refractivity contribution in [2.24, 2.45) is 0 Å². The van der Waals surface area contributed by atoms with E-state index in [4.69, 9.17) is 0 Å². The molecule has 0 aliphatic heterocycles. The Morgan fingerprint density at radius 1 is 1.00 bits per heavy atom. The molecule has 0 aromatic heterocycles. The molecule has 0 aliphatic carbocycles. The maximum atomic E-state index is 2.27. The maximum absolute atomic E-state index is 2.27. The van der Waals surface area contributed by atoms with Crippen molar-refractivity contribution in [3.05, 3.63) is 0 Å². The van der Waals surface area contributed by atoms with Crippen LogP contribution in [0.4, 0.5) is 0 Å². The first-order chi connectivity index (χ1) is 1.73. The Bertz CT molecular complexity index is 11.6. The Morgan fingerprint density at radius 2 is 1.00 bits per heavy atom. The van der Waals surface area contributed by atoms with E-state index in [1.807, 2.05) is 0 Å². The minimum absolute atomic E-state index is 0. The smallest absolute Gasteiger partial charge is 0.0379 e. The van der Waals surface area contributed by atoms with E-state index >= 15 is 0 Å². The third-order valence-electron chi connectivity index (χ3n) is 0. The molecule has 0 N–H and O–H groups in total. The molecule has 0 nitrogen and oxygen atoms in total. The molecule has 0 fully saturated rings. The molecule has 2 radical (unpaired) electrons. The molecular formula is C3H9MnSi. The van der Waals surface area contributed by atoms with Crippen LogP contribution in [-0.2, 0) is 17.1 Å². The first kappa shape index (κ1) is 9.22. The van der Waals surface area contributed by atoms with E-state index in [0.717, 1.165) is 0 Å². The van der Waals surface area contributed by atoms with E-state index in [2.05, 4.69) is 19.6 Å². The van der Waals surface area contributed by atoms with Crippen molar-refractivity contribution in [1.29, 1.82) is 0 Å². The Morgan fingerprint density at radius 3 is 1.00 bits per heavy atom. The largest absolute Gasteiger partial charge is 0.0715 e. The van der Waals surface area contributed by atoms with Crippen molar-refractivity contribution in [3.8, 4) is 0 Å². The van der Waals surface area contributed by atoms with Crippen LogP contribution in [0.25, 0.3) is 0 Å². The van der Waals surface area contributed by atoms with Gasteiger partial charge in [0.25, 0.3) is 0 Å². The average molecular weight is 128 g/mol. The Balaban J connectivity index is 0. The number of rotatable bonds is 0. The fourth-order valence-corrected chi connectivity index (χ4v) is 0. The van der Waals surface area contributed by atoms with Crippen LogP contribution in [0.1, 0.15) is 0 Å². The number of hydrogen-bond donors (Lipinski definition) is 0.